The van der Waals surface area contributed by atoms with E-state index in [1.807, 2.05) is 0 Å². The second-order valence-electron chi connectivity index (χ2n) is 5.29. The van der Waals surface area contributed by atoms with Crippen LogP contribution in [0.15, 0.2) is 0 Å². The van der Waals surface area contributed by atoms with E-state index in [0.717, 1.165) is 25.7 Å². The van der Waals surface area contributed by atoms with Crippen molar-refractivity contribution in [3.63, 3.8) is 0 Å². The first-order valence-corrected chi connectivity index (χ1v) is 5.73. The molecule has 2 saturated carbocycles. The molecule has 4 rings (SSSR count). The Morgan fingerprint density at radius 3 is 3.00 bits per heavy atom. The zero-order valence-corrected chi connectivity index (χ0v) is 8.44. The highest BCUT2D eigenvalue weighted by Gasteiger charge is 2.83. The lowest BCUT2D eigenvalue weighted by atomic mass is 9.59. The van der Waals surface area contributed by atoms with Crippen LogP contribution in [0.3, 0.4) is 0 Å². The predicted octanol–water partition coefficient (Wildman–Crippen LogP) is 0.0268. The summed E-state index contributed by atoms with van der Waals surface area (Å²) in [7, 11) is 0. The van der Waals surface area contributed by atoms with E-state index in [1.165, 1.54) is 0 Å². The third-order valence-corrected chi connectivity index (χ3v) is 4.82. The van der Waals surface area contributed by atoms with Gasteiger partial charge in [-0.2, -0.15) is 0 Å². The maximum atomic E-state index is 11.8. The number of hydrogen-bond acceptors (Lipinski definition) is 4. The number of aliphatic hydroxyl groups is 1. The third kappa shape index (κ3) is 0.736. The van der Waals surface area contributed by atoms with Crippen LogP contribution in [-0.2, 0) is 14.3 Å². The lowest BCUT2D eigenvalue weighted by molar-refractivity contribution is -0.122. The molecular weight excluding hydrogens is 196 g/mol. The number of Topliss-reactive ketones (excluding diaryl/α,β-unsaturated/α-hetero) is 1. The Morgan fingerprint density at radius 2 is 2.20 bits per heavy atom. The van der Waals surface area contributed by atoms with Gasteiger partial charge >= 0.3 is 0 Å². The Bertz CT molecular complexity index is 354. The van der Waals surface area contributed by atoms with Crippen LogP contribution in [0, 0.1) is 5.41 Å². The molecule has 1 spiro atoms. The summed E-state index contributed by atoms with van der Waals surface area (Å²) in [6, 6.07) is 0. The zero-order valence-electron chi connectivity index (χ0n) is 8.44. The standard InChI is InChI=1S/C11H14O4/c12-5-10-3-1-2-4-11(10)8(15-11)6(13)7-9(10)14-7/h7-9,12H,1-5H2/t7-,8+,9-,10-,11+/m1/s1. The van der Waals surface area contributed by atoms with Crippen LogP contribution in [-0.4, -0.2) is 41.4 Å². The van der Waals surface area contributed by atoms with Crippen LogP contribution in [0.2, 0.25) is 0 Å². The number of fused-ring (bicyclic) bond motifs is 2. The van der Waals surface area contributed by atoms with Gasteiger partial charge in [-0.15, -0.1) is 0 Å². The number of aliphatic hydroxyl groups excluding tert-OH is 1. The maximum Gasteiger partial charge on any atom is 0.195 e. The summed E-state index contributed by atoms with van der Waals surface area (Å²) < 4.78 is 11.1. The molecule has 0 aromatic carbocycles. The largest absolute Gasteiger partial charge is 0.396 e. The van der Waals surface area contributed by atoms with Crippen LogP contribution < -0.4 is 0 Å². The van der Waals surface area contributed by atoms with E-state index < -0.39 is 0 Å². The molecule has 15 heavy (non-hydrogen) atoms. The normalized spacial score (nSPS) is 60.3. The Kier molecular flexibility index (Phi) is 1.32. The molecule has 0 bridgehead atoms. The molecule has 0 unspecified atom stereocenters. The molecule has 1 N–H and O–H groups in total. The highest BCUT2D eigenvalue weighted by atomic mass is 16.7. The molecule has 0 amide bonds. The maximum absolute atomic E-state index is 11.8. The summed E-state index contributed by atoms with van der Waals surface area (Å²) in [5.74, 6) is 0.117. The third-order valence-electron chi connectivity index (χ3n) is 4.82. The molecule has 4 nitrogen and oxygen atoms in total. The summed E-state index contributed by atoms with van der Waals surface area (Å²) in [6.45, 7) is 0.0952. The molecule has 4 heteroatoms. The van der Waals surface area contributed by atoms with Gasteiger partial charge in [0.05, 0.1) is 12.0 Å². The van der Waals surface area contributed by atoms with Crippen molar-refractivity contribution < 1.29 is 19.4 Å². The van der Waals surface area contributed by atoms with Crippen LogP contribution in [0.4, 0.5) is 0 Å². The zero-order chi connectivity index (χ0) is 10.3. The van der Waals surface area contributed by atoms with Crippen molar-refractivity contribution in [1.29, 1.82) is 0 Å². The molecule has 2 saturated heterocycles. The average molecular weight is 210 g/mol. The molecular formula is C11H14O4. The van der Waals surface area contributed by atoms with E-state index in [0.29, 0.717) is 0 Å². The van der Waals surface area contributed by atoms with E-state index in [1.54, 1.807) is 0 Å². The van der Waals surface area contributed by atoms with Gasteiger partial charge in [-0.3, -0.25) is 4.79 Å². The fraction of sp³-hybridized carbons (Fsp3) is 0.909. The van der Waals surface area contributed by atoms with Crippen LogP contribution in [0.25, 0.3) is 0 Å². The second kappa shape index (κ2) is 2.29. The lowest BCUT2D eigenvalue weighted by Crippen LogP contribution is -2.55. The summed E-state index contributed by atoms with van der Waals surface area (Å²) >= 11 is 0. The fourth-order valence-electron chi connectivity index (χ4n) is 3.91. The second-order valence-corrected chi connectivity index (χ2v) is 5.29. The topological polar surface area (TPSA) is 62.4 Å². The molecule has 0 aromatic heterocycles. The first-order valence-electron chi connectivity index (χ1n) is 5.73. The summed E-state index contributed by atoms with van der Waals surface area (Å²) in [5, 5.41) is 9.68. The molecule has 0 aromatic rings. The van der Waals surface area contributed by atoms with Crippen molar-refractivity contribution in [2.75, 3.05) is 6.61 Å². The van der Waals surface area contributed by atoms with Crippen molar-refractivity contribution in [1.82, 2.24) is 0 Å². The predicted molar refractivity (Wildman–Crippen MR) is 49.3 cm³/mol. The quantitative estimate of drug-likeness (QED) is 0.620. The summed E-state index contributed by atoms with van der Waals surface area (Å²) in [6.07, 6.45) is 3.46. The van der Waals surface area contributed by atoms with Crippen LogP contribution >= 0.6 is 0 Å². The van der Waals surface area contributed by atoms with Gasteiger partial charge in [0.1, 0.15) is 23.9 Å². The molecule has 5 atom stereocenters. The van der Waals surface area contributed by atoms with E-state index >= 15 is 0 Å². The number of rotatable bonds is 1. The first kappa shape index (κ1) is 8.67. The van der Waals surface area contributed by atoms with Gasteiger partial charge in [-0.05, 0) is 12.8 Å². The van der Waals surface area contributed by atoms with Gasteiger partial charge in [0.2, 0.25) is 0 Å². The smallest absolute Gasteiger partial charge is 0.195 e. The van der Waals surface area contributed by atoms with Crippen LogP contribution in [0.5, 0.6) is 0 Å². The number of carbonyl (C=O) groups excluding carboxylic acids is 1. The van der Waals surface area contributed by atoms with E-state index in [4.69, 9.17) is 9.47 Å². The number of hydrogen-bond donors (Lipinski definition) is 1. The van der Waals surface area contributed by atoms with E-state index in [9.17, 15) is 9.90 Å². The van der Waals surface area contributed by atoms with Crippen molar-refractivity contribution >= 4 is 5.78 Å². The van der Waals surface area contributed by atoms with Crippen LogP contribution in [0.1, 0.15) is 25.7 Å². The van der Waals surface area contributed by atoms with Gasteiger partial charge in [-0.1, -0.05) is 12.8 Å². The monoisotopic (exact) mass is 210 g/mol. The average Bonchev–Trinajstić information content (AvgIpc) is 3.11. The van der Waals surface area contributed by atoms with Gasteiger partial charge < -0.3 is 14.6 Å². The first-order chi connectivity index (χ1) is 7.25. The Hall–Kier alpha value is -0.450. The molecule has 0 radical (unpaired) electrons. The molecule has 2 aliphatic heterocycles. The lowest BCUT2D eigenvalue weighted by Gasteiger charge is -2.42. The van der Waals surface area contributed by atoms with Crippen molar-refractivity contribution in [3.05, 3.63) is 0 Å². The SMILES string of the molecule is O=C1[C@H]2O[C@H]2[C@]2(CO)CCCC[C@@]23O[C@@H]13. The van der Waals surface area contributed by atoms with Gasteiger partial charge in [0.25, 0.3) is 0 Å². The van der Waals surface area contributed by atoms with Crippen molar-refractivity contribution in [2.24, 2.45) is 5.41 Å². The molecule has 2 aliphatic carbocycles. The highest BCUT2D eigenvalue weighted by Crippen LogP contribution is 2.68. The number of carbonyl (C=O) groups is 1. The van der Waals surface area contributed by atoms with Gasteiger partial charge in [0, 0.05) is 0 Å². The summed E-state index contributed by atoms with van der Waals surface area (Å²) in [4.78, 5) is 11.8. The van der Waals surface area contributed by atoms with E-state index in [-0.39, 0.29) is 41.7 Å². The molecule has 82 valence electrons. The molecule has 4 aliphatic rings. The molecule has 4 fully saturated rings. The minimum atomic E-state index is -0.352. The Balaban J connectivity index is 1.82. The Labute approximate surface area is 87.5 Å². The number of ether oxygens (including phenoxy) is 2. The Morgan fingerprint density at radius 1 is 1.40 bits per heavy atom. The number of epoxide rings is 2. The molecule has 2 heterocycles. The fourth-order valence-corrected chi connectivity index (χ4v) is 3.91. The highest BCUT2D eigenvalue weighted by molar-refractivity contribution is 5.95. The minimum Gasteiger partial charge on any atom is -0.396 e. The van der Waals surface area contributed by atoms with Crippen molar-refractivity contribution in [3.8, 4) is 0 Å². The van der Waals surface area contributed by atoms with E-state index in [2.05, 4.69) is 0 Å². The van der Waals surface area contributed by atoms with Gasteiger partial charge in [0.15, 0.2) is 5.78 Å². The van der Waals surface area contributed by atoms with Gasteiger partial charge in [-0.25, -0.2) is 0 Å². The minimum absolute atomic E-state index is 0.0611. The number of ketones is 1. The summed E-state index contributed by atoms with van der Waals surface area (Å²) in [5.41, 5.74) is -0.622. The van der Waals surface area contributed by atoms with Crippen molar-refractivity contribution in [2.45, 2.75) is 49.6 Å².